The van der Waals surface area contributed by atoms with Crippen molar-refractivity contribution in [3.05, 3.63) is 170 Å². The molecule has 0 N–H and O–H groups in total. The lowest BCUT2D eigenvalue weighted by Crippen LogP contribution is -1.91. The Morgan fingerprint density at radius 3 is 1.49 bits per heavy atom. The Balaban J connectivity index is 1.18. The van der Waals surface area contributed by atoms with Gasteiger partial charge >= 0.3 is 0 Å². The minimum Gasteiger partial charge on any atom is -0.456 e. The molecule has 1 heterocycles. The van der Waals surface area contributed by atoms with E-state index >= 15 is 0 Å². The lowest BCUT2D eigenvalue weighted by Gasteiger charge is -2.18. The van der Waals surface area contributed by atoms with Gasteiger partial charge in [-0.05, 0) is 94.7 Å². The molecule has 10 aromatic rings. The fourth-order valence-corrected chi connectivity index (χ4v) is 7.75. The van der Waals surface area contributed by atoms with Crippen LogP contribution < -0.4 is 0 Å². The third-order valence-electron chi connectivity index (χ3n) is 9.86. The van der Waals surface area contributed by atoms with Crippen LogP contribution in [0.4, 0.5) is 0 Å². The van der Waals surface area contributed by atoms with Gasteiger partial charge in [0.05, 0.1) is 0 Å². The van der Waals surface area contributed by atoms with E-state index in [1.54, 1.807) is 0 Å². The summed E-state index contributed by atoms with van der Waals surface area (Å²) in [5.41, 5.74) is 9.19. The van der Waals surface area contributed by atoms with Gasteiger partial charge in [-0.1, -0.05) is 152 Å². The average molecular weight is 597 g/mol. The van der Waals surface area contributed by atoms with E-state index in [0.29, 0.717) is 0 Å². The molecule has 1 heteroatoms. The van der Waals surface area contributed by atoms with E-state index in [4.69, 9.17) is 4.42 Å². The van der Waals surface area contributed by atoms with Gasteiger partial charge in [-0.15, -0.1) is 0 Å². The molecule has 0 aliphatic rings. The zero-order valence-electron chi connectivity index (χ0n) is 25.6. The number of fused-ring (bicyclic) bond motifs is 8. The van der Waals surface area contributed by atoms with Crippen molar-refractivity contribution in [2.24, 2.45) is 0 Å². The Labute approximate surface area is 271 Å². The predicted octanol–water partition coefficient (Wildman–Crippen LogP) is 13.2. The van der Waals surface area contributed by atoms with Crippen LogP contribution in [0.2, 0.25) is 0 Å². The topological polar surface area (TPSA) is 13.1 Å². The third-order valence-corrected chi connectivity index (χ3v) is 9.86. The van der Waals surface area contributed by atoms with Gasteiger partial charge in [0, 0.05) is 10.8 Å². The second-order valence-corrected chi connectivity index (χ2v) is 12.4. The Kier molecular flexibility index (Phi) is 5.64. The van der Waals surface area contributed by atoms with Crippen LogP contribution in [0.3, 0.4) is 0 Å². The molecule has 9 aromatic carbocycles. The summed E-state index contributed by atoms with van der Waals surface area (Å²) in [6.45, 7) is 0. The molecular weight excluding hydrogens is 569 g/mol. The Morgan fingerprint density at radius 2 is 0.809 bits per heavy atom. The summed E-state index contributed by atoms with van der Waals surface area (Å²) in [4.78, 5) is 0. The summed E-state index contributed by atoms with van der Waals surface area (Å²) in [6, 6.07) is 61.5. The van der Waals surface area contributed by atoms with Crippen LogP contribution >= 0.6 is 0 Å². The van der Waals surface area contributed by atoms with Gasteiger partial charge in [-0.25, -0.2) is 0 Å². The predicted molar refractivity (Wildman–Crippen MR) is 200 cm³/mol. The molecule has 0 aliphatic carbocycles. The largest absolute Gasteiger partial charge is 0.456 e. The minimum absolute atomic E-state index is 0.912. The molecule has 0 atom stereocenters. The normalized spacial score (nSPS) is 11.8. The fourth-order valence-electron chi connectivity index (χ4n) is 7.75. The minimum atomic E-state index is 0.912. The van der Waals surface area contributed by atoms with Gasteiger partial charge in [-0.3, -0.25) is 0 Å². The van der Waals surface area contributed by atoms with Crippen molar-refractivity contribution < 1.29 is 4.42 Å². The van der Waals surface area contributed by atoms with E-state index in [1.807, 2.05) is 0 Å². The van der Waals surface area contributed by atoms with Gasteiger partial charge < -0.3 is 4.42 Å². The molecule has 1 aromatic heterocycles. The van der Waals surface area contributed by atoms with Crippen LogP contribution in [0.15, 0.2) is 174 Å². The van der Waals surface area contributed by atoms with Gasteiger partial charge in [0.1, 0.15) is 11.2 Å². The van der Waals surface area contributed by atoms with Crippen molar-refractivity contribution in [1.29, 1.82) is 0 Å². The van der Waals surface area contributed by atoms with E-state index in [2.05, 4.69) is 170 Å². The molecule has 0 saturated carbocycles. The summed E-state index contributed by atoms with van der Waals surface area (Å²) >= 11 is 0. The Bertz CT molecular complexity index is 2770. The van der Waals surface area contributed by atoms with Crippen molar-refractivity contribution in [3.8, 4) is 33.4 Å². The van der Waals surface area contributed by atoms with Crippen molar-refractivity contribution in [2.75, 3.05) is 0 Å². The summed E-state index contributed by atoms with van der Waals surface area (Å²) in [6.07, 6.45) is 0. The molecule has 0 aliphatic heterocycles. The first kappa shape index (κ1) is 26.1. The SMILES string of the molecule is c1ccc2c(-c3ccc(-c4c5ccccc5c(-c5ccc6c(c5)oc5ccc7ccccc7c56)c5ccccc45)cc3)cccc2c1. The maximum atomic E-state index is 6.51. The lowest BCUT2D eigenvalue weighted by atomic mass is 9.85. The van der Waals surface area contributed by atoms with Gasteiger partial charge in [0.15, 0.2) is 0 Å². The Morgan fingerprint density at radius 1 is 0.298 bits per heavy atom. The smallest absolute Gasteiger partial charge is 0.136 e. The van der Waals surface area contributed by atoms with Crippen LogP contribution in [0.25, 0.3) is 98.4 Å². The molecule has 0 unspecified atom stereocenters. The van der Waals surface area contributed by atoms with E-state index in [0.717, 1.165) is 22.1 Å². The maximum Gasteiger partial charge on any atom is 0.136 e. The summed E-state index contributed by atoms with van der Waals surface area (Å²) in [5.74, 6) is 0. The molecular formula is C46H28O. The van der Waals surface area contributed by atoms with Gasteiger partial charge in [0.25, 0.3) is 0 Å². The van der Waals surface area contributed by atoms with Crippen molar-refractivity contribution >= 4 is 65.0 Å². The molecule has 0 saturated heterocycles. The van der Waals surface area contributed by atoms with Gasteiger partial charge in [0.2, 0.25) is 0 Å². The van der Waals surface area contributed by atoms with Crippen LogP contribution in [-0.4, -0.2) is 0 Å². The highest BCUT2D eigenvalue weighted by molar-refractivity contribution is 6.23. The van der Waals surface area contributed by atoms with Crippen LogP contribution in [0, 0.1) is 0 Å². The molecule has 1 nitrogen and oxygen atoms in total. The second-order valence-electron chi connectivity index (χ2n) is 12.4. The third kappa shape index (κ3) is 3.97. The summed E-state index contributed by atoms with van der Waals surface area (Å²) in [5, 5.41) is 12.3. The second kappa shape index (κ2) is 10.2. The van der Waals surface area contributed by atoms with Crippen LogP contribution in [-0.2, 0) is 0 Å². The number of benzene rings is 9. The molecule has 0 amide bonds. The summed E-state index contributed by atoms with van der Waals surface area (Å²) < 4.78 is 6.51. The van der Waals surface area contributed by atoms with E-state index in [-0.39, 0.29) is 0 Å². The van der Waals surface area contributed by atoms with Crippen molar-refractivity contribution in [3.63, 3.8) is 0 Å². The number of furan rings is 1. The molecule has 0 radical (unpaired) electrons. The van der Waals surface area contributed by atoms with E-state index in [9.17, 15) is 0 Å². The highest BCUT2D eigenvalue weighted by Gasteiger charge is 2.18. The zero-order chi connectivity index (χ0) is 30.9. The monoisotopic (exact) mass is 596 g/mol. The molecule has 0 spiro atoms. The highest BCUT2D eigenvalue weighted by Crippen LogP contribution is 2.45. The standard InChI is InChI=1S/C46H28O/c1-3-13-34-29(10-1)12-9-19-35(34)31-20-22-32(23-21-31)44-37-15-5-7-17-39(37)45(40-18-8-6-16-38(40)44)33-24-26-41-43(28-33)47-42-27-25-30-11-2-4-14-36(30)46(41)42/h1-28H. The van der Waals surface area contributed by atoms with Gasteiger partial charge in [-0.2, -0.15) is 0 Å². The first-order chi connectivity index (χ1) is 23.3. The quantitative estimate of drug-likeness (QED) is 0.185. The maximum absolute atomic E-state index is 6.51. The molecule has 218 valence electrons. The van der Waals surface area contributed by atoms with Crippen LogP contribution in [0.5, 0.6) is 0 Å². The van der Waals surface area contributed by atoms with E-state index < -0.39 is 0 Å². The Hall–Kier alpha value is -6.18. The van der Waals surface area contributed by atoms with Crippen LogP contribution in [0.1, 0.15) is 0 Å². The first-order valence-electron chi connectivity index (χ1n) is 16.2. The fraction of sp³-hybridized carbons (Fsp3) is 0. The molecule has 0 fully saturated rings. The lowest BCUT2D eigenvalue weighted by molar-refractivity contribution is 0.669. The number of hydrogen-bond acceptors (Lipinski definition) is 1. The molecule has 47 heavy (non-hydrogen) atoms. The highest BCUT2D eigenvalue weighted by atomic mass is 16.3. The number of hydrogen-bond donors (Lipinski definition) is 0. The summed E-state index contributed by atoms with van der Waals surface area (Å²) in [7, 11) is 0. The van der Waals surface area contributed by atoms with E-state index in [1.165, 1.54) is 76.3 Å². The zero-order valence-corrected chi connectivity index (χ0v) is 25.6. The average Bonchev–Trinajstić information content (AvgIpc) is 3.52. The first-order valence-corrected chi connectivity index (χ1v) is 16.2. The molecule has 10 rings (SSSR count). The molecule has 0 bridgehead atoms. The number of rotatable bonds is 3. The van der Waals surface area contributed by atoms with Crippen molar-refractivity contribution in [2.45, 2.75) is 0 Å². The van der Waals surface area contributed by atoms with Crippen molar-refractivity contribution in [1.82, 2.24) is 0 Å².